The molecule has 2 fully saturated rings. The average Bonchev–Trinajstić information content (AvgIpc) is 3.24. The molecule has 33 heavy (non-hydrogen) atoms. The Bertz CT molecular complexity index is 1050. The third-order valence-electron chi connectivity index (χ3n) is 6.83. The van der Waals surface area contributed by atoms with Crippen molar-refractivity contribution in [2.45, 2.75) is 57.0 Å². The van der Waals surface area contributed by atoms with Crippen molar-refractivity contribution in [2.75, 3.05) is 18.4 Å². The molecule has 1 aliphatic carbocycles. The lowest BCUT2D eigenvalue weighted by Gasteiger charge is -2.32. The maximum Gasteiger partial charge on any atom is 0.319 e. The minimum absolute atomic E-state index is 0.0153. The van der Waals surface area contributed by atoms with Gasteiger partial charge >= 0.3 is 6.03 Å². The molecule has 1 saturated carbocycles. The minimum atomic E-state index is -0.259. The Hall–Kier alpha value is -3.37. The molecular weight excluding hydrogens is 414 g/mol. The molecule has 3 amide bonds. The molecule has 0 radical (unpaired) electrons. The fourth-order valence-electron chi connectivity index (χ4n) is 4.81. The van der Waals surface area contributed by atoms with E-state index < -0.39 is 0 Å². The van der Waals surface area contributed by atoms with Gasteiger partial charge in [0.2, 0.25) is 0 Å². The largest absolute Gasteiger partial charge is 0.339 e. The Labute approximate surface area is 195 Å². The molecule has 7 nitrogen and oxygen atoms in total. The highest BCUT2D eigenvalue weighted by atomic mass is 16.2. The van der Waals surface area contributed by atoms with Gasteiger partial charge in [-0.3, -0.25) is 4.79 Å². The summed E-state index contributed by atoms with van der Waals surface area (Å²) >= 11 is 0. The van der Waals surface area contributed by atoms with Crippen LogP contribution in [0.4, 0.5) is 10.5 Å². The predicted octanol–water partition coefficient (Wildman–Crippen LogP) is 3.89. The first-order valence-electron chi connectivity index (χ1n) is 11.7. The maximum atomic E-state index is 13.1. The Kier molecular flexibility index (Phi) is 6.95. The number of carbonyl (C=O) groups is 2. The third kappa shape index (κ3) is 5.52. The van der Waals surface area contributed by atoms with Gasteiger partial charge in [0.05, 0.1) is 11.6 Å². The molecule has 1 heterocycles. The number of rotatable bonds is 4. The second-order valence-electron chi connectivity index (χ2n) is 9.20. The first-order valence-corrected chi connectivity index (χ1v) is 11.7. The van der Waals surface area contributed by atoms with Crippen molar-refractivity contribution in [1.82, 2.24) is 10.2 Å². The summed E-state index contributed by atoms with van der Waals surface area (Å²) in [6, 6.07) is 15.3. The molecule has 7 heteroatoms. The number of nitriles is 1. The van der Waals surface area contributed by atoms with Crippen molar-refractivity contribution in [1.29, 1.82) is 5.26 Å². The van der Waals surface area contributed by atoms with E-state index in [0.29, 0.717) is 35.8 Å². The lowest BCUT2D eigenvalue weighted by molar-refractivity contribution is 0.0713. The topological polar surface area (TPSA) is 111 Å². The van der Waals surface area contributed by atoms with Gasteiger partial charge in [-0.05, 0) is 80.3 Å². The highest BCUT2D eigenvalue weighted by Gasteiger charge is 2.26. The van der Waals surface area contributed by atoms with Gasteiger partial charge in [0.15, 0.2) is 0 Å². The Morgan fingerprint density at radius 1 is 1.06 bits per heavy atom. The molecule has 0 aromatic heterocycles. The number of amides is 3. The summed E-state index contributed by atoms with van der Waals surface area (Å²) < 4.78 is 0. The first-order chi connectivity index (χ1) is 15.9. The van der Waals surface area contributed by atoms with Crippen molar-refractivity contribution >= 4 is 17.6 Å². The van der Waals surface area contributed by atoms with Crippen molar-refractivity contribution in [3.8, 4) is 6.07 Å². The molecule has 1 unspecified atom stereocenters. The number of nitrogens with two attached hydrogens (primary N) is 1. The highest BCUT2D eigenvalue weighted by Crippen LogP contribution is 2.29. The summed E-state index contributed by atoms with van der Waals surface area (Å²) in [6.07, 6.45) is 4.39. The molecule has 1 saturated heterocycles. The van der Waals surface area contributed by atoms with Gasteiger partial charge in [0.1, 0.15) is 0 Å². The zero-order chi connectivity index (χ0) is 23.4. The summed E-state index contributed by atoms with van der Waals surface area (Å²) in [6.45, 7) is 3.28. The molecule has 0 spiro atoms. The van der Waals surface area contributed by atoms with E-state index in [1.807, 2.05) is 48.2 Å². The molecule has 4 rings (SSSR count). The molecule has 1 aliphatic heterocycles. The standard InChI is InChI=1S/C26H31N5O2/c1-17-2-5-21(14-24(17)30-26(33)29-23-9-8-22(28)15-23)25(32)31-12-10-20(11-13-31)19-6-3-18(16-27)4-7-19/h2-7,14,20,22-23H,8-13,15,28H2,1H3,(H2,29,30,33)/t22?,23-/m0/s1. The summed E-state index contributed by atoms with van der Waals surface area (Å²) in [7, 11) is 0. The van der Waals surface area contributed by atoms with Crippen LogP contribution in [0, 0.1) is 18.3 Å². The summed E-state index contributed by atoms with van der Waals surface area (Å²) in [5.74, 6) is 0.378. The average molecular weight is 446 g/mol. The number of urea groups is 1. The zero-order valence-electron chi connectivity index (χ0n) is 19.0. The number of benzene rings is 2. The SMILES string of the molecule is Cc1ccc(C(=O)N2CCC(c3ccc(C#N)cc3)CC2)cc1NC(=O)N[C@H]1CCC(N)C1. The number of nitrogens with one attached hydrogen (secondary N) is 2. The van der Waals surface area contributed by atoms with E-state index in [9.17, 15) is 9.59 Å². The van der Waals surface area contributed by atoms with Gasteiger partial charge in [-0.2, -0.15) is 5.26 Å². The Morgan fingerprint density at radius 2 is 1.79 bits per heavy atom. The van der Waals surface area contributed by atoms with E-state index in [1.54, 1.807) is 6.07 Å². The summed E-state index contributed by atoms with van der Waals surface area (Å²) in [4.78, 5) is 27.5. The van der Waals surface area contributed by atoms with Gasteiger partial charge in [-0.25, -0.2) is 4.79 Å². The van der Waals surface area contributed by atoms with E-state index in [2.05, 4.69) is 16.7 Å². The monoisotopic (exact) mass is 445 g/mol. The second-order valence-corrected chi connectivity index (χ2v) is 9.20. The molecule has 4 N–H and O–H groups in total. The van der Waals surface area contributed by atoms with Crippen LogP contribution in [0.15, 0.2) is 42.5 Å². The van der Waals surface area contributed by atoms with E-state index >= 15 is 0 Å². The van der Waals surface area contributed by atoms with E-state index in [-0.39, 0.29) is 24.0 Å². The predicted molar refractivity (Wildman–Crippen MR) is 128 cm³/mol. The van der Waals surface area contributed by atoms with Crippen LogP contribution in [-0.4, -0.2) is 42.0 Å². The lowest BCUT2D eigenvalue weighted by Crippen LogP contribution is -2.38. The highest BCUT2D eigenvalue weighted by molar-refractivity contribution is 5.97. The first kappa shape index (κ1) is 22.8. The van der Waals surface area contributed by atoms with Crippen LogP contribution in [-0.2, 0) is 0 Å². The number of likely N-dealkylation sites (tertiary alicyclic amines) is 1. The molecule has 2 aliphatic rings. The fourth-order valence-corrected chi connectivity index (χ4v) is 4.81. The van der Waals surface area contributed by atoms with Crippen LogP contribution in [0.1, 0.15) is 65.1 Å². The molecule has 172 valence electrons. The van der Waals surface area contributed by atoms with Crippen molar-refractivity contribution in [2.24, 2.45) is 5.73 Å². The summed E-state index contributed by atoms with van der Waals surface area (Å²) in [5, 5.41) is 14.9. The quantitative estimate of drug-likeness (QED) is 0.663. The minimum Gasteiger partial charge on any atom is -0.339 e. The number of hydrogen-bond acceptors (Lipinski definition) is 4. The van der Waals surface area contributed by atoms with Crippen molar-refractivity contribution < 1.29 is 9.59 Å². The fraction of sp³-hybridized carbons (Fsp3) is 0.423. The molecule has 2 aromatic rings. The van der Waals surface area contributed by atoms with Crippen LogP contribution in [0.25, 0.3) is 0 Å². The van der Waals surface area contributed by atoms with E-state index in [0.717, 1.165) is 37.7 Å². The van der Waals surface area contributed by atoms with Crippen LogP contribution in [0.3, 0.4) is 0 Å². The number of carbonyl (C=O) groups excluding carboxylic acids is 2. The normalized spacial score (nSPS) is 20.8. The Balaban J connectivity index is 1.35. The molecule has 2 atom stereocenters. The van der Waals surface area contributed by atoms with Gasteiger partial charge in [-0.1, -0.05) is 18.2 Å². The van der Waals surface area contributed by atoms with Gasteiger partial charge < -0.3 is 21.3 Å². The molecular formula is C26H31N5O2. The number of anilines is 1. The van der Waals surface area contributed by atoms with Crippen molar-refractivity contribution in [3.63, 3.8) is 0 Å². The molecule has 0 bridgehead atoms. The van der Waals surface area contributed by atoms with Crippen LogP contribution < -0.4 is 16.4 Å². The van der Waals surface area contributed by atoms with Gasteiger partial charge in [0, 0.05) is 36.4 Å². The third-order valence-corrected chi connectivity index (χ3v) is 6.83. The number of nitrogens with zero attached hydrogens (tertiary/aromatic N) is 2. The second kappa shape index (κ2) is 10.1. The maximum absolute atomic E-state index is 13.1. The lowest BCUT2D eigenvalue weighted by atomic mass is 9.89. The summed E-state index contributed by atoms with van der Waals surface area (Å²) in [5.41, 5.74) is 9.94. The van der Waals surface area contributed by atoms with E-state index in [1.165, 1.54) is 5.56 Å². The van der Waals surface area contributed by atoms with Crippen LogP contribution in [0.2, 0.25) is 0 Å². The number of aryl methyl sites for hydroxylation is 1. The Morgan fingerprint density at radius 3 is 2.42 bits per heavy atom. The zero-order valence-corrected chi connectivity index (χ0v) is 19.0. The van der Waals surface area contributed by atoms with E-state index in [4.69, 9.17) is 11.0 Å². The van der Waals surface area contributed by atoms with Gasteiger partial charge in [0.25, 0.3) is 5.91 Å². The van der Waals surface area contributed by atoms with Crippen LogP contribution >= 0.6 is 0 Å². The number of hydrogen-bond donors (Lipinski definition) is 3. The smallest absolute Gasteiger partial charge is 0.319 e. The van der Waals surface area contributed by atoms with Gasteiger partial charge in [-0.15, -0.1) is 0 Å². The van der Waals surface area contributed by atoms with Crippen LogP contribution in [0.5, 0.6) is 0 Å². The van der Waals surface area contributed by atoms with Crippen molar-refractivity contribution in [3.05, 3.63) is 64.7 Å². The molecule has 2 aromatic carbocycles. The number of piperidine rings is 1.